The van der Waals surface area contributed by atoms with E-state index in [0.717, 1.165) is 75.4 Å². The quantitative estimate of drug-likeness (QED) is 0.499. The fourth-order valence-corrected chi connectivity index (χ4v) is 4.85. The molecule has 2 aromatic heterocycles. The summed E-state index contributed by atoms with van der Waals surface area (Å²) in [5, 5.41) is 18.8. The van der Waals surface area contributed by atoms with Gasteiger partial charge in [0.25, 0.3) is 0 Å². The van der Waals surface area contributed by atoms with Crippen molar-refractivity contribution in [3.63, 3.8) is 0 Å². The number of ether oxygens (including phenoxy) is 1. The van der Waals surface area contributed by atoms with Crippen molar-refractivity contribution in [3.8, 4) is 16.9 Å². The van der Waals surface area contributed by atoms with Crippen LogP contribution in [0.4, 0.5) is 0 Å². The second kappa shape index (κ2) is 7.34. The summed E-state index contributed by atoms with van der Waals surface area (Å²) in [4.78, 5) is 4.48. The lowest BCUT2D eigenvalue weighted by atomic mass is 9.96. The zero-order chi connectivity index (χ0) is 20.9. The maximum Gasteiger partial charge on any atom is 0.182 e. The van der Waals surface area contributed by atoms with Crippen molar-refractivity contribution < 1.29 is 14.4 Å². The third kappa shape index (κ3) is 3.10. The number of pyridine rings is 1. The fraction of sp³-hybridized carbons (Fsp3) is 0.250. The Labute approximate surface area is 183 Å². The Bertz CT molecular complexity index is 1320. The highest BCUT2D eigenvalue weighted by atomic mass is 35.5. The zero-order valence-electron chi connectivity index (χ0n) is 16.7. The minimum Gasteiger partial charge on any atom is -0.481 e. The molecule has 6 nitrogen and oxygen atoms in total. The summed E-state index contributed by atoms with van der Waals surface area (Å²) in [5.74, 6) is 1.62. The molecule has 0 spiro atoms. The summed E-state index contributed by atoms with van der Waals surface area (Å²) in [6.07, 6.45) is 3.10. The molecule has 0 bridgehead atoms. The summed E-state index contributed by atoms with van der Waals surface area (Å²) >= 11 is 6.52. The van der Waals surface area contributed by atoms with Crippen molar-refractivity contribution in [3.05, 3.63) is 75.8 Å². The van der Waals surface area contributed by atoms with Crippen LogP contribution >= 0.6 is 11.6 Å². The third-order valence-corrected chi connectivity index (χ3v) is 6.33. The first-order valence-corrected chi connectivity index (χ1v) is 10.7. The maximum atomic E-state index is 9.47. The number of aliphatic hydroxyl groups excluding tert-OH is 1. The number of aromatic nitrogens is 2. The first-order valence-electron chi connectivity index (χ1n) is 10.4. The average molecular weight is 434 g/mol. The van der Waals surface area contributed by atoms with Crippen LogP contribution in [0.25, 0.3) is 22.0 Å². The number of halogens is 1. The van der Waals surface area contributed by atoms with Gasteiger partial charge in [0.2, 0.25) is 0 Å². The predicted molar refractivity (Wildman–Crippen MR) is 117 cm³/mol. The summed E-state index contributed by atoms with van der Waals surface area (Å²) in [5.41, 5.74) is 6.76. The number of hydrogen-bond donors (Lipinski definition) is 2. The smallest absolute Gasteiger partial charge is 0.182 e. The topological polar surface area (TPSA) is 80.4 Å². The Hall–Kier alpha value is -2.93. The van der Waals surface area contributed by atoms with Gasteiger partial charge in [-0.1, -0.05) is 28.9 Å². The van der Waals surface area contributed by atoms with Gasteiger partial charge in [-0.25, -0.2) is 0 Å². The predicted octanol–water partition coefficient (Wildman–Crippen LogP) is 4.36. The highest BCUT2D eigenvalue weighted by Crippen LogP contribution is 2.47. The number of nitrogens with zero attached hydrogens (tertiary/aromatic N) is 2. The molecule has 0 radical (unpaired) electrons. The average Bonchev–Trinajstić information content (AvgIpc) is 3.41. The van der Waals surface area contributed by atoms with Crippen molar-refractivity contribution in [1.82, 2.24) is 15.5 Å². The van der Waals surface area contributed by atoms with E-state index in [1.54, 1.807) is 6.20 Å². The molecule has 0 fully saturated rings. The van der Waals surface area contributed by atoms with Crippen LogP contribution in [0.15, 0.2) is 47.1 Å². The van der Waals surface area contributed by atoms with E-state index in [4.69, 9.17) is 20.9 Å². The molecule has 31 heavy (non-hydrogen) atoms. The largest absolute Gasteiger partial charge is 0.481 e. The Morgan fingerprint density at radius 3 is 3.00 bits per heavy atom. The normalized spacial score (nSPS) is 17.4. The van der Waals surface area contributed by atoms with Crippen LogP contribution in [0.1, 0.15) is 34.2 Å². The molecule has 0 unspecified atom stereocenters. The molecular weight excluding hydrogens is 414 g/mol. The van der Waals surface area contributed by atoms with Crippen molar-refractivity contribution in [1.29, 1.82) is 0 Å². The lowest BCUT2D eigenvalue weighted by Crippen LogP contribution is -2.24. The Morgan fingerprint density at radius 2 is 2.10 bits per heavy atom. The lowest BCUT2D eigenvalue weighted by Gasteiger charge is -2.15. The van der Waals surface area contributed by atoms with E-state index in [9.17, 15) is 5.11 Å². The zero-order valence-corrected chi connectivity index (χ0v) is 17.4. The molecule has 4 aromatic rings. The van der Waals surface area contributed by atoms with Gasteiger partial charge in [-0.05, 0) is 35.4 Å². The van der Waals surface area contributed by atoms with Gasteiger partial charge < -0.3 is 19.7 Å². The molecule has 2 aromatic carbocycles. The number of rotatable bonds is 3. The molecule has 0 saturated heterocycles. The molecule has 2 aliphatic rings. The standard InChI is InChI=1S/C24H20ClN3O3/c25-15-8-14-9-22(24-19-11-26-5-4-20(19)28-31-24)30-23(14)18(10-15)16-3-6-27-21-7-13(12-29)1-2-17(16)21/h1-3,6-8,10,22,26,29H,4-5,9,11-12H2/t22-/m1/s1. The van der Waals surface area contributed by atoms with Gasteiger partial charge >= 0.3 is 0 Å². The van der Waals surface area contributed by atoms with E-state index < -0.39 is 0 Å². The number of nitrogens with one attached hydrogen (secondary N) is 1. The van der Waals surface area contributed by atoms with E-state index in [1.165, 1.54) is 0 Å². The second-order valence-corrected chi connectivity index (χ2v) is 8.46. The van der Waals surface area contributed by atoms with Crippen LogP contribution in [-0.2, 0) is 26.0 Å². The monoisotopic (exact) mass is 433 g/mol. The summed E-state index contributed by atoms with van der Waals surface area (Å²) < 4.78 is 12.2. The SMILES string of the molecule is OCc1ccc2c(-c3cc(Cl)cc4c3O[C@@H](c3onc5c3CNCC5)C4)ccnc2c1. The van der Waals surface area contributed by atoms with Crippen LogP contribution in [0.2, 0.25) is 5.02 Å². The van der Waals surface area contributed by atoms with Gasteiger partial charge in [0.05, 0.1) is 17.8 Å². The van der Waals surface area contributed by atoms with Crippen molar-refractivity contribution in [2.45, 2.75) is 32.1 Å². The summed E-state index contributed by atoms with van der Waals surface area (Å²) in [6.45, 7) is 1.65. The Morgan fingerprint density at radius 1 is 1.16 bits per heavy atom. The summed E-state index contributed by atoms with van der Waals surface area (Å²) in [7, 11) is 0. The Kier molecular flexibility index (Phi) is 4.45. The summed E-state index contributed by atoms with van der Waals surface area (Å²) in [6, 6.07) is 11.7. The first kappa shape index (κ1) is 18.8. The second-order valence-electron chi connectivity index (χ2n) is 8.02. The third-order valence-electron chi connectivity index (χ3n) is 6.11. The van der Waals surface area contributed by atoms with E-state index >= 15 is 0 Å². The van der Waals surface area contributed by atoms with E-state index in [-0.39, 0.29) is 12.7 Å². The Balaban J connectivity index is 1.45. The fourth-order valence-electron chi connectivity index (χ4n) is 4.61. The molecule has 1 atom stereocenters. The van der Waals surface area contributed by atoms with Crippen LogP contribution in [0.5, 0.6) is 5.75 Å². The number of aliphatic hydroxyl groups is 1. The molecule has 6 rings (SSSR count). The van der Waals surface area contributed by atoms with Crippen molar-refractivity contribution >= 4 is 22.5 Å². The van der Waals surface area contributed by atoms with Crippen LogP contribution in [0.3, 0.4) is 0 Å². The molecule has 156 valence electrons. The number of benzene rings is 2. The highest BCUT2D eigenvalue weighted by molar-refractivity contribution is 6.31. The van der Waals surface area contributed by atoms with E-state index in [2.05, 4.69) is 15.5 Å². The van der Waals surface area contributed by atoms with Crippen molar-refractivity contribution in [2.24, 2.45) is 0 Å². The molecule has 0 aliphatic carbocycles. The number of hydrogen-bond acceptors (Lipinski definition) is 6. The van der Waals surface area contributed by atoms with Crippen LogP contribution < -0.4 is 10.1 Å². The molecule has 0 saturated carbocycles. The minimum absolute atomic E-state index is 0.0183. The maximum absolute atomic E-state index is 9.47. The highest BCUT2D eigenvalue weighted by Gasteiger charge is 2.34. The van der Waals surface area contributed by atoms with Crippen LogP contribution in [-0.4, -0.2) is 21.8 Å². The van der Waals surface area contributed by atoms with Gasteiger partial charge in [-0.15, -0.1) is 0 Å². The lowest BCUT2D eigenvalue weighted by molar-refractivity contribution is 0.189. The first-order chi connectivity index (χ1) is 15.2. The number of fused-ring (bicyclic) bond motifs is 3. The molecular formula is C24H20ClN3O3. The molecule has 2 N–H and O–H groups in total. The van der Waals surface area contributed by atoms with Gasteiger partial charge in [0, 0.05) is 59.2 Å². The van der Waals surface area contributed by atoms with Gasteiger partial charge in [0.15, 0.2) is 11.9 Å². The van der Waals surface area contributed by atoms with E-state index in [0.29, 0.717) is 11.4 Å². The van der Waals surface area contributed by atoms with Gasteiger partial charge in [0.1, 0.15) is 5.75 Å². The minimum atomic E-state index is -0.225. The molecule has 2 aliphatic heterocycles. The van der Waals surface area contributed by atoms with Gasteiger partial charge in [-0.3, -0.25) is 4.98 Å². The molecule has 0 amide bonds. The van der Waals surface area contributed by atoms with Gasteiger partial charge in [-0.2, -0.15) is 0 Å². The van der Waals surface area contributed by atoms with Crippen LogP contribution in [0, 0.1) is 0 Å². The molecule has 4 heterocycles. The van der Waals surface area contributed by atoms with E-state index in [1.807, 2.05) is 36.4 Å². The molecule has 7 heteroatoms. The van der Waals surface area contributed by atoms with Crippen molar-refractivity contribution in [2.75, 3.05) is 6.54 Å².